The van der Waals surface area contributed by atoms with Crippen molar-refractivity contribution < 1.29 is 24.2 Å². The van der Waals surface area contributed by atoms with Gasteiger partial charge in [-0.2, -0.15) is 0 Å². The van der Waals surface area contributed by atoms with Crippen LogP contribution in [0, 0.1) is 12.3 Å². The molecule has 1 amide bonds. The molecule has 1 saturated carbocycles. The summed E-state index contributed by atoms with van der Waals surface area (Å²) in [7, 11) is 1.30. The van der Waals surface area contributed by atoms with Crippen molar-refractivity contribution in [3.63, 3.8) is 0 Å². The summed E-state index contributed by atoms with van der Waals surface area (Å²) in [5.41, 5.74) is 0.502. The SMILES string of the molecule is COC(=O)c1cccc(NC(=O)CC2(C(=O)O)CCCCC2)c1C. The zero-order chi connectivity index (χ0) is 17.7. The molecule has 1 aliphatic carbocycles. The van der Waals surface area contributed by atoms with E-state index in [2.05, 4.69) is 5.32 Å². The van der Waals surface area contributed by atoms with Crippen molar-refractivity contribution in [3.05, 3.63) is 29.3 Å². The zero-order valence-corrected chi connectivity index (χ0v) is 14.1. The zero-order valence-electron chi connectivity index (χ0n) is 14.1. The maximum absolute atomic E-state index is 12.4. The van der Waals surface area contributed by atoms with Crippen molar-refractivity contribution in [2.45, 2.75) is 45.4 Å². The number of hydrogen-bond donors (Lipinski definition) is 2. The number of benzene rings is 1. The van der Waals surface area contributed by atoms with E-state index in [-0.39, 0.29) is 12.3 Å². The number of ether oxygens (including phenoxy) is 1. The van der Waals surface area contributed by atoms with Crippen LogP contribution in [0.3, 0.4) is 0 Å². The quantitative estimate of drug-likeness (QED) is 0.808. The Labute approximate surface area is 141 Å². The largest absolute Gasteiger partial charge is 0.481 e. The van der Waals surface area contributed by atoms with Gasteiger partial charge in [0.1, 0.15) is 0 Å². The van der Waals surface area contributed by atoms with Gasteiger partial charge < -0.3 is 15.2 Å². The van der Waals surface area contributed by atoms with Crippen molar-refractivity contribution in [2.24, 2.45) is 5.41 Å². The van der Waals surface area contributed by atoms with Gasteiger partial charge in [0.15, 0.2) is 0 Å². The molecule has 1 aromatic rings. The van der Waals surface area contributed by atoms with E-state index in [1.807, 2.05) is 0 Å². The number of hydrogen-bond acceptors (Lipinski definition) is 4. The lowest BCUT2D eigenvalue weighted by Gasteiger charge is -2.32. The Hall–Kier alpha value is -2.37. The van der Waals surface area contributed by atoms with Gasteiger partial charge in [0.05, 0.1) is 18.1 Å². The topological polar surface area (TPSA) is 92.7 Å². The van der Waals surface area contributed by atoms with Crippen LogP contribution in [-0.4, -0.2) is 30.1 Å². The molecule has 0 heterocycles. The molecule has 0 bridgehead atoms. The standard InChI is InChI=1S/C18H23NO5/c1-12-13(16(21)24-2)7-6-8-14(12)19-15(20)11-18(17(22)23)9-4-3-5-10-18/h6-8H,3-5,9-11H2,1-2H3,(H,19,20)(H,22,23). The number of methoxy groups -OCH3 is 1. The molecule has 0 aromatic heterocycles. The maximum atomic E-state index is 12.4. The lowest BCUT2D eigenvalue weighted by molar-refractivity contribution is -0.153. The van der Waals surface area contributed by atoms with Gasteiger partial charge in [0.25, 0.3) is 0 Å². The second kappa shape index (κ2) is 7.47. The third kappa shape index (κ3) is 3.75. The van der Waals surface area contributed by atoms with Gasteiger partial charge in [-0.1, -0.05) is 25.3 Å². The second-order valence-corrected chi connectivity index (χ2v) is 6.34. The molecule has 130 valence electrons. The van der Waals surface area contributed by atoms with Gasteiger partial charge in [-0.25, -0.2) is 4.79 Å². The summed E-state index contributed by atoms with van der Waals surface area (Å²) in [6.45, 7) is 1.72. The van der Waals surface area contributed by atoms with Gasteiger partial charge in [0, 0.05) is 12.1 Å². The first-order valence-electron chi connectivity index (χ1n) is 8.11. The molecule has 1 aliphatic rings. The molecule has 0 radical (unpaired) electrons. The van der Waals surface area contributed by atoms with E-state index >= 15 is 0 Å². The highest BCUT2D eigenvalue weighted by molar-refractivity contribution is 5.98. The van der Waals surface area contributed by atoms with E-state index in [1.54, 1.807) is 25.1 Å². The van der Waals surface area contributed by atoms with Gasteiger partial charge in [0.2, 0.25) is 5.91 Å². The number of carbonyl (C=O) groups excluding carboxylic acids is 2. The Bertz CT molecular complexity index is 647. The molecule has 6 nitrogen and oxygen atoms in total. The van der Waals surface area contributed by atoms with Crippen molar-refractivity contribution in [3.8, 4) is 0 Å². The lowest BCUT2D eigenvalue weighted by atomic mass is 9.71. The average Bonchev–Trinajstić information content (AvgIpc) is 2.56. The van der Waals surface area contributed by atoms with Crippen LogP contribution >= 0.6 is 0 Å². The smallest absolute Gasteiger partial charge is 0.338 e. The molecule has 0 atom stereocenters. The average molecular weight is 333 g/mol. The monoisotopic (exact) mass is 333 g/mol. The highest BCUT2D eigenvalue weighted by Crippen LogP contribution is 2.40. The fourth-order valence-corrected chi connectivity index (χ4v) is 3.30. The van der Waals surface area contributed by atoms with E-state index < -0.39 is 17.4 Å². The number of carboxylic acid groups (broad SMARTS) is 1. The lowest BCUT2D eigenvalue weighted by Crippen LogP contribution is -2.37. The van der Waals surface area contributed by atoms with Crippen LogP contribution in [0.15, 0.2) is 18.2 Å². The molecule has 1 fully saturated rings. The van der Waals surface area contributed by atoms with Crippen LogP contribution in [0.4, 0.5) is 5.69 Å². The van der Waals surface area contributed by atoms with Crippen LogP contribution in [0.2, 0.25) is 0 Å². The predicted molar refractivity (Wildman–Crippen MR) is 88.9 cm³/mol. The van der Waals surface area contributed by atoms with Crippen LogP contribution in [-0.2, 0) is 14.3 Å². The van der Waals surface area contributed by atoms with Crippen LogP contribution < -0.4 is 5.32 Å². The minimum Gasteiger partial charge on any atom is -0.481 e. The highest BCUT2D eigenvalue weighted by Gasteiger charge is 2.41. The fraction of sp³-hybridized carbons (Fsp3) is 0.500. The van der Waals surface area contributed by atoms with Crippen LogP contribution in [0.1, 0.15) is 54.4 Å². The molecule has 0 unspecified atom stereocenters. The van der Waals surface area contributed by atoms with E-state index in [0.717, 1.165) is 19.3 Å². The number of amides is 1. The van der Waals surface area contributed by atoms with E-state index in [4.69, 9.17) is 4.74 Å². The Morgan fingerprint density at radius 1 is 1.21 bits per heavy atom. The summed E-state index contributed by atoms with van der Waals surface area (Å²) in [5, 5.41) is 12.3. The maximum Gasteiger partial charge on any atom is 0.338 e. The van der Waals surface area contributed by atoms with E-state index in [9.17, 15) is 19.5 Å². The number of aliphatic carboxylic acids is 1. The molecule has 1 aromatic carbocycles. The number of anilines is 1. The molecule has 0 spiro atoms. The molecular formula is C18H23NO5. The molecule has 2 N–H and O–H groups in total. The summed E-state index contributed by atoms with van der Waals surface area (Å²) in [4.78, 5) is 35.8. The first-order valence-corrected chi connectivity index (χ1v) is 8.11. The predicted octanol–water partition coefficient (Wildman–Crippen LogP) is 3.15. The Morgan fingerprint density at radius 2 is 1.88 bits per heavy atom. The van der Waals surface area contributed by atoms with Crippen LogP contribution in [0.5, 0.6) is 0 Å². The minimum atomic E-state index is -0.976. The van der Waals surface area contributed by atoms with Crippen molar-refractivity contribution in [2.75, 3.05) is 12.4 Å². The number of carboxylic acids is 1. The number of carbonyl (C=O) groups is 3. The second-order valence-electron chi connectivity index (χ2n) is 6.34. The summed E-state index contributed by atoms with van der Waals surface area (Å²) in [5.74, 6) is -1.72. The first kappa shape index (κ1) is 18.0. The van der Waals surface area contributed by atoms with Gasteiger partial charge in [-0.3, -0.25) is 9.59 Å². The Kier molecular flexibility index (Phi) is 5.59. The Balaban J connectivity index is 2.15. The van der Waals surface area contributed by atoms with Gasteiger partial charge in [-0.15, -0.1) is 0 Å². The summed E-state index contributed by atoms with van der Waals surface area (Å²) in [6.07, 6.45) is 3.67. The summed E-state index contributed by atoms with van der Waals surface area (Å²) in [6, 6.07) is 4.97. The fourth-order valence-electron chi connectivity index (χ4n) is 3.30. The van der Waals surface area contributed by atoms with Crippen molar-refractivity contribution >= 4 is 23.5 Å². The minimum absolute atomic E-state index is 0.0514. The van der Waals surface area contributed by atoms with Gasteiger partial charge >= 0.3 is 11.9 Å². The molecule has 24 heavy (non-hydrogen) atoms. The summed E-state index contributed by atoms with van der Waals surface area (Å²) < 4.78 is 4.72. The molecule has 0 saturated heterocycles. The molecule has 6 heteroatoms. The first-order chi connectivity index (χ1) is 11.4. The third-order valence-corrected chi connectivity index (χ3v) is 4.78. The van der Waals surface area contributed by atoms with Crippen molar-refractivity contribution in [1.29, 1.82) is 0 Å². The third-order valence-electron chi connectivity index (χ3n) is 4.78. The number of nitrogens with one attached hydrogen (secondary N) is 1. The normalized spacial score (nSPS) is 16.2. The number of esters is 1. The summed E-state index contributed by atoms with van der Waals surface area (Å²) >= 11 is 0. The van der Waals surface area contributed by atoms with E-state index in [0.29, 0.717) is 29.7 Å². The highest BCUT2D eigenvalue weighted by atomic mass is 16.5. The van der Waals surface area contributed by atoms with Gasteiger partial charge in [-0.05, 0) is 37.5 Å². The van der Waals surface area contributed by atoms with Crippen LogP contribution in [0.25, 0.3) is 0 Å². The molecular weight excluding hydrogens is 310 g/mol. The van der Waals surface area contributed by atoms with E-state index in [1.165, 1.54) is 7.11 Å². The molecule has 0 aliphatic heterocycles. The number of rotatable bonds is 5. The van der Waals surface area contributed by atoms with Crippen molar-refractivity contribution in [1.82, 2.24) is 0 Å². The Morgan fingerprint density at radius 3 is 2.46 bits per heavy atom. The molecule has 2 rings (SSSR count).